The van der Waals surface area contributed by atoms with Crippen molar-refractivity contribution in [1.29, 1.82) is 0 Å². The van der Waals surface area contributed by atoms with Crippen LogP contribution in [-0.2, 0) is 33.1 Å². The maximum absolute atomic E-state index is 12.6. The van der Waals surface area contributed by atoms with E-state index in [1.54, 1.807) is 0 Å². The third-order valence-electron chi connectivity index (χ3n) is 5.55. The average molecular weight is 613 g/mol. The van der Waals surface area contributed by atoms with Crippen LogP contribution in [0.1, 0.15) is 11.1 Å². The van der Waals surface area contributed by atoms with Gasteiger partial charge >= 0.3 is 20.2 Å². The second-order valence-electron chi connectivity index (χ2n) is 8.34. The molecule has 17 heteroatoms. The highest BCUT2D eigenvalue weighted by molar-refractivity contribution is 7.87. The van der Waals surface area contributed by atoms with Crippen molar-refractivity contribution >= 4 is 20.2 Å². The highest BCUT2D eigenvalue weighted by Crippen LogP contribution is 2.30. The summed E-state index contributed by atoms with van der Waals surface area (Å²) in [5.74, 6) is -2.45. The predicted octanol–water partition coefficient (Wildman–Crippen LogP) is 0.609. The van der Waals surface area contributed by atoms with E-state index in [2.05, 4.69) is 0 Å². The maximum atomic E-state index is 12.6. The van der Waals surface area contributed by atoms with E-state index in [9.17, 15) is 37.3 Å². The van der Waals surface area contributed by atoms with Gasteiger partial charge in [-0.3, -0.25) is 8.57 Å². The summed E-state index contributed by atoms with van der Waals surface area (Å²) in [5.41, 5.74) is 0.144. The van der Waals surface area contributed by atoms with Crippen LogP contribution in [0.3, 0.4) is 0 Å². The molecule has 0 radical (unpaired) electrons. The van der Waals surface area contributed by atoms with Crippen molar-refractivity contribution in [2.45, 2.75) is 22.6 Å². The molecule has 6 N–H and O–H groups in total. The minimum atomic E-state index is -4.51. The standard InChI is InChI=1S/C24H24N2O13S2/c27-11-9-15-13-21(29)25(23(15)31)38-40(33,34)19-5-1-17(2-6-19)37-18-3-7-20(8-4-18)41(35,36)39-26-22(30)14-16(10-12-28)24(26)32/h1-8,13-14,27-32H,9-12H2. The normalized spacial score (nSPS) is 11.9. The second-order valence-corrected chi connectivity index (χ2v) is 11.4. The monoisotopic (exact) mass is 612 g/mol. The van der Waals surface area contributed by atoms with E-state index < -0.39 is 43.8 Å². The number of nitrogens with zero attached hydrogens (tertiary/aromatic N) is 2. The van der Waals surface area contributed by atoms with Crippen molar-refractivity contribution in [2.24, 2.45) is 0 Å². The second kappa shape index (κ2) is 11.5. The number of aromatic hydroxyl groups is 4. The smallest absolute Gasteiger partial charge is 0.357 e. The first-order valence-electron chi connectivity index (χ1n) is 11.6. The Kier molecular flexibility index (Phi) is 8.24. The summed E-state index contributed by atoms with van der Waals surface area (Å²) >= 11 is 0. The molecule has 0 amide bonds. The number of aliphatic hydroxyl groups excluding tert-OH is 2. The molecule has 0 spiro atoms. The van der Waals surface area contributed by atoms with Crippen molar-refractivity contribution in [1.82, 2.24) is 9.46 Å². The average Bonchev–Trinajstić information content (AvgIpc) is 3.33. The zero-order valence-electron chi connectivity index (χ0n) is 20.9. The molecule has 2 aromatic heterocycles. The Balaban J connectivity index is 1.44. The molecule has 0 fully saturated rings. The molecule has 0 aliphatic carbocycles. The Bertz CT molecular complexity index is 1610. The summed E-state index contributed by atoms with van der Waals surface area (Å²) in [4.78, 5) is -0.698. The molecule has 0 bridgehead atoms. The third-order valence-corrected chi connectivity index (χ3v) is 7.94. The van der Waals surface area contributed by atoms with Crippen LogP contribution >= 0.6 is 0 Å². The van der Waals surface area contributed by atoms with Gasteiger partial charge in [-0.05, 0) is 48.5 Å². The summed E-state index contributed by atoms with van der Waals surface area (Å²) in [5, 5.41) is 57.9. The molecule has 4 rings (SSSR count). The summed E-state index contributed by atoms with van der Waals surface area (Å²) < 4.78 is 66.3. The Hall–Kier alpha value is -4.58. The summed E-state index contributed by atoms with van der Waals surface area (Å²) in [6, 6.07) is 11.7. The van der Waals surface area contributed by atoms with Gasteiger partial charge in [-0.1, -0.05) is 9.46 Å². The van der Waals surface area contributed by atoms with E-state index in [0.717, 1.165) is 36.4 Å². The van der Waals surface area contributed by atoms with E-state index in [1.807, 2.05) is 0 Å². The molecule has 4 aromatic rings. The van der Waals surface area contributed by atoms with E-state index in [-0.39, 0.29) is 58.5 Å². The number of benzene rings is 2. The van der Waals surface area contributed by atoms with Crippen LogP contribution in [0.25, 0.3) is 0 Å². The molecular formula is C24H24N2O13S2. The number of aliphatic hydroxyl groups is 2. The van der Waals surface area contributed by atoms with Crippen LogP contribution in [0.2, 0.25) is 0 Å². The zero-order valence-corrected chi connectivity index (χ0v) is 22.5. The highest BCUT2D eigenvalue weighted by atomic mass is 32.2. The van der Waals surface area contributed by atoms with Crippen LogP contribution in [0.5, 0.6) is 35.0 Å². The Morgan fingerprint density at radius 2 is 0.927 bits per heavy atom. The number of rotatable bonds is 12. The molecule has 220 valence electrons. The highest BCUT2D eigenvalue weighted by Gasteiger charge is 2.25. The van der Waals surface area contributed by atoms with E-state index in [4.69, 9.17) is 23.5 Å². The fraction of sp³-hybridized carbons (Fsp3) is 0.167. The van der Waals surface area contributed by atoms with E-state index >= 15 is 0 Å². The molecule has 0 aliphatic heterocycles. The lowest BCUT2D eigenvalue weighted by atomic mass is 10.2. The Morgan fingerprint density at radius 3 is 1.24 bits per heavy atom. The molecule has 0 saturated carbocycles. The number of hydrogen-bond acceptors (Lipinski definition) is 13. The van der Waals surface area contributed by atoms with Gasteiger partial charge in [0.15, 0.2) is 0 Å². The summed E-state index contributed by atoms with van der Waals surface area (Å²) in [6.45, 7) is -0.708. The van der Waals surface area contributed by atoms with E-state index in [0.29, 0.717) is 9.46 Å². The van der Waals surface area contributed by atoms with Crippen LogP contribution in [-0.4, -0.2) is 70.1 Å². The van der Waals surface area contributed by atoms with Crippen molar-refractivity contribution in [3.63, 3.8) is 0 Å². The molecule has 0 aliphatic rings. The number of hydrogen-bond donors (Lipinski definition) is 6. The Morgan fingerprint density at radius 1 is 0.585 bits per heavy atom. The van der Waals surface area contributed by atoms with Gasteiger partial charge in [0.05, 0.1) is 0 Å². The van der Waals surface area contributed by atoms with Crippen molar-refractivity contribution in [3.05, 3.63) is 71.8 Å². The number of ether oxygens (including phenoxy) is 1. The molecule has 2 aromatic carbocycles. The zero-order chi connectivity index (χ0) is 29.9. The lowest BCUT2D eigenvalue weighted by Crippen LogP contribution is -2.19. The maximum Gasteiger partial charge on any atom is 0.357 e. The van der Waals surface area contributed by atoms with E-state index in [1.165, 1.54) is 24.3 Å². The van der Waals surface area contributed by atoms with Crippen LogP contribution < -0.4 is 13.3 Å². The SMILES string of the molecule is O=S(=O)(On1c(O)cc(CCO)c1O)c1ccc(Oc2ccc(S(=O)(=O)On3c(O)cc(CCO)c3O)cc2)cc1. The van der Waals surface area contributed by atoms with Gasteiger partial charge < -0.3 is 35.4 Å². The first-order valence-corrected chi connectivity index (χ1v) is 14.4. The van der Waals surface area contributed by atoms with Crippen LogP contribution in [0, 0.1) is 0 Å². The molecule has 0 unspecified atom stereocenters. The first-order chi connectivity index (χ1) is 19.4. The topological polar surface area (TPSA) is 227 Å². The lowest BCUT2D eigenvalue weighted by Gasteiger charge is -2.11. The summed E-state index contributed by atoms with van der Waals surface area (Å²) in [7, 11) is -9.02. The summed E-state index contributed by atoms with van der Waals surface area (Å²) in [6.07, 6.45) is -0.0945. The van der Waals surface area contributed by atoms with Gasteiger partial charge in [-0.25, -0.2) is 0 Å². The van der Waals surface area contributed by atoms with Gasteiger partial charge in [-0.2, -0.15) is 16.8 Å². The molecule has 2 heterocycles. The minimum Gasteiger partial charge on any atom is -0.492 e. The molecule has 0 saturated heterocycles. The van der Waals surface area contributed by atoms with Crippen molar-refractivity contribution in [3.8, 4) is 35.0 Å². The van der Waals surface area contributed by atoms with Gasteiger partial charge in [0, 0.05) is 49.3 Å². The molecule has 41 heavy (non-hydrogen) atoms. The molecular weight excluding hydrogens is 588 g/mol. The van der Waals surface area contributed by atoms with Gasteiger partial charge in [0.25, 0.3) is 0 Å². The predicted molar refractivity (Wildman–Crippen MR) is 138 cm³/mol. The van der Waals surface area contributed by atoms with Gasteiger partial charge in [-0.15, -0.1) is 0 Å². The molecule has 0 atom stereocenters. The minimum absolute atomic E-state index is 0.0473. The van der Waals surface area contributed by atoms with Gasteiger partial charge in [0.2, 0.25) is 23.5 Å². The van der Waals surface area contributed by atoms with Gasteiger partial charge in [0.1, 0.15) is 21.3 Å². The Labute approximate surface area is 233 Å². The largest absolute Gasteiger partial charge is 0.492 e. The fourth-order valence-electron chi connectivity index (χ4n) is 3.56. The number of aromatic nitrogens is 2. The van der Waals surface area contributed by atoms with Crippen molar-refractivity contribution < 1.29 is 60.8 Å². The lowest BCUT2D eigenvalue weighted by molar-refractivity contribution is 0.201. The first kappa shape index (κ1) is 29.4. The van der Waals surface area contributed by atoms with Crippen LogP contribution in [0.4, 0.5) is 0 Å². The fourth-order valence-corrected chi connectivity index (χ4v) is 5.36. The molecule has 15 nitrogen and oxygen atoms in total. The quantitative estimate of drug-likeness (QED) is 0.129. The third kappa shape index (κ3) is 6.27. The van der Waals surface area contributed by atoms with Crippen LogP contribution in [0.15, 0.2) is 70.5 Å². The van der Waals surface area contributed by atoms with Crippen molar-refractivity contribution in [2.75, 3.05) is 13.2 Å².